The van der Waals surface area contributed by atoms with Crippen molar-refractivity contribution in [3.8, 4) is 17.2 Å². The van der Waals surface area contributed by atoms with Gasteiger partial charge in [0.05, 0.1) is 25.5 Å². The van der Waals surface area contributed by atoms with Gasteiger partial charge in [-0.3, -0.25) is 0 Å². The van der Waals surface area contributed by atoms with Gasteiger partial charge in [0, 0.05) is 18.7 Å². The van der Waals surface area contributed by atoms with E-state index in [1.165, 1.54) is 0 Å². The van der Waals surface area contributed by atoms with Gasteiger partial charge in [-0.15, -0.1) is 0 Å². The van der Waals surface area contributed by atoms with Gasteiger partial charge in [-0.05, 0) is 46.8 Å². The van der Waals surface area contributed by atoms with Crippen LogP contribution in [0.1, 0.15) is 41.0 Å². The molecule has 27 heavy (non-hydrogen) atoms. The van der Waals surface area contributed by atoms with E-state index in [9.17, 15) is 4.79 Å². The molecule has 0 unspecified atom stereocenters. The summed E-state index contributed by atoms with van der Waals surface area (Å²) in [5, 5.41) is 5.73. The highest BCUT2D eigenvalue weighted by Crippen LogP contribution is 2.40. The molecule has 7 heteroatoms. The first-order chi connectivity index (χ1) is 13.1. The topological polar surface area (TPSA) is 72.1 Å². The third kappa shape index (κ3) is 7.95. The normalized spacial score (nSPS) is 10.6. The average molecular weight is 382 g/mol. The second-order valence-corrected chi connectivity index (χ2v) is 5.86. The van der Waals surface area contributed by atoms with Crippen molar-refractivity contribution in [1.82, 2.24) is 10.2 Å². The van der Waals surface area contributed by atoms with Crippen molar-refractivity contribution in [2.24, 2.45) is 0 Å². The number of hydrogen-bond donors (Lipinski definition) is 2. The lowest BCUT2D eigenvalue weighted by Gasteiger charge is -2.18. The summed E-state index contributed by atoms with van der Waals surface area (Å²) >= 11 is 0. The lowest BCUT2D eigenvalue weighted by atomic mass is 10.2. The number of hydrogen-bond acceptors (Lipinski definition) is 5. The van der Waals surface area contributed by atoms with Crippen LogP contribution in [0.4, 0.5) is 10.5 Å². The maximum atomic E-state index is 12.2. The Morgan fingerprint density at radius 3 is 1.96 bits per heavy atom. The summed E-state index contributed by atoms with van der Waals surface area (Å²) in [6, 6.07) is 3.27. The van der Waals surface area contributed by atoms with Crippen LogP contribution in [-0.4, -0.2) is 56.9 Å². The van der Waals surface area contributed by atoms with Crippen molar-refractivity contribution in [3.63, 3.8) is 0 Å². The third-order valence-corrected chi connectivity index (χ3v) is 4.00. The monoisotopic (exact) mass is 381 g/mol. The summed E-state index contributed by atoms with van der Waals surface area (Å²) in [6.07, 6.45) is 0.909. The predicted octanol–water partition coefficient (Wildman–Crippen LogP) is 3.74. The highest BCUT2D eigenvalue weighted by molar-refractivity contribution is 5.90. The molecule has 0 bridgehead atoms. The quantitative estimate of drug-likeness (QED) is 0.509. The summed E-state index contributed by atoms with van der Waals surface area (Å²) in [6.45, 7) is 15.1. The SMILES string of the molecule is CCOc1cc(NC(=O)NCCCN(CC)CC)cc(OCC)c1OCC. The van der Waals surface area contributed by atoms with Crippen LogP contribution in [0.25, 0.3) is 0 Å². The third-order valence-electron chi connectivity index (χ3n) is 4.00. The molecule has 0 aliphatic carbocycles. The number of urea groups is 1. The first kappa shape index (κ1) is 22.9. The van der Waals surface area contributed by atoms with Crippen LogP contribution in [-0.2, 0) is 0 Å². The van der Waals surface area contributed by atoms with Crippen LogP contribution in [0.3, 0.4) is 0 Å². The molecule has 0 radical (unpaired) electrons. The number of anilines is 1. The Bertz CT molecular complexity index is 535. The Hall–Kier alpha value is -2.15. The minimum atomic E-state index is -0.247. The molecule has 0 heterocycles. The van der Waals surface area contributed by atoms with Crippen molar-refractivity contribution >= 4 is 11.7 Å². The van der Waals surface area contributed by atoms with Gasteiger partial charge in [-0.2, -0.15) is 0 Å². The minimum Gasteiger partial charge on any atom is -0.490 e. The van der Waals surface area contributed by atoms with Gasteiger partial charge < -0.3 is 29.7 Å². The second kappa shape index (κ2) is 13.1. The molecule has 7 nitrogen and oxygen atoms in total. The van der Waals surface area contributed by atoms with E-state index in [4.69, 9.17) is 14.2 Å². The number of rotatable bonds is 13. The van der Waals surface area contributed by atoms with E-state index in [1.54, 1.807) is 12.1 Å². The number of nitrogens with one attached hydrogen (secondary N) is 2. The Labute approximate surface area is 163 Å². The zero-order chi connectivity index (χ0) is 20.1. The summed E-state index contributed by atoms with van der Waals surface area (Å²) in [5.41, 5.74) is 0.603. The lowest BCUT2D eigenvalue weighted by Crippen LogP contribution is -2.32. The molecule has 0 saturated carbocycles. The molecular weight excluding hydrogens is 346 g/mol. The molecule has 0 aliphatic rings. The van der Waals surface area contributed by atoms with Gasteiger partial charge in [0.15, 0.2) is 11.5 Å². The summed E-state index contributed by atoms with van der Waals surface area (Å²) in [4.78, 5) is 14.5. The standard InChI is InChI=1S/C20H35N3O4/c1-6-23(7-2)13-11-12-21-20(24)22-16-14-17(25-8-3)19(27-10-5)18(15-16)26-9-4/h14-15H,6-13H2,1-5H3,(H2,21,22,24). The lowest BCUT2D eigenvalue weighted by molar-refractivity contribution is 0.250. The molecule has 0 fully saturated rings. The molecule has 0 aliphatic heterocycles. The molecule has 2 amide bonds. The molecule has 1 aromatic carbocycles. The van der Waals surface area contributed by atoms with Crippen molar-refractivity contribution in [3.05, 3.63) is 12.1 Å². The van der Waals surface area contributed by atoms with Crippen molar-refractivity contribution in [1.29, 1.82) is 0 Å². The van der Waals surface area contributed by atoms with E-state index >= 15 is 0 Å². The number of nitrogens with zero attached hydrogens (tertiary/aromatic N) is 1. The minimum absolute atomic E-state index is 0.247. The van der Waals surface area contributed by atoms with E-state index in [2.05, 4.69) is 29.4 Å². The number of amides is 2. The zero-order valence-corrected chi connectivity index (χ0v) is 17.4. The number of benzene rings is 1. The fourth-order valence-electron chi connectivity index (χ4n) is 2.68. The molecule has 1 rings (SSSR count). The molecule has 0 aromatic heterocycles. The molecule has 1 aromatic rings. The molecule has 0 spiro atoms. The number of carbonyl (C=O) groups excluding carboxylic acids is 1. The van der Waals surface area contributed by atoms with Gasteiger partial charge >= 0.3 is 6.03 Å². The Morgan fingerprint density at radius 2 is 1.48 bits per heavy atom. The maximum Gasteiger partial charge on any atom is 0.319 e. The fraction of sp³-hybridized carbons (Fsp3) is 0.650. The number of carbonyl (C=O) groups is 1. The highest BCUT2D eigenvalue weighted by Gasteiger charge is 2.16. The van der Waals surface area contributed by atoms with Crippen LogP contribution >= 0.6 is 0 Å². The van der Waals surface area contributed by atoms with Crippen LogP contribution in [0.15, 0.2) is 12.1 Å². The predicted molar refractivity (Wildman–Crippen MR) is 109 cm³/mol. The van der Waals surface area contributed by atoms with Crippen LogP contribution in [0.5, 0.6) is 17.2 Å². The van der Waals surface area contributed by atoms with E-state index in [1.807, 2.05) is 20.8 Å². The van der Waals surface area contributed by atoms with Crippen LogP contribution < -0.4 is 24.8 Å². The van der Waals surface area contributed by atoms with Crippen molar-refractivity contribution in [2.45, 2.75) is 41.0 Å². The van der Waals surface area contributed by atoms with E-state index in [0.717, 1.165) is 26.1 Å². The van der Waals surface area contributed by atoms with E-state index < -0.39 is 0 Å². The van der Waals surface area contributed by atoms with E-state index in [-0.39, 0.29) is 6.03 Å². The van der Waals surface area contributed by atoms with Gasteiger partial charge in [0.25, 0.3) is 0 Å². The van der Waals surface area contributed by atoms with Crippen LogP contribution in [0, 0.1) is 0 Å². The summed E-state index contributed by atoms with van der Waals surface area (Å²) in [5.74, 6) is 1.68. The smallest absolute Gasteiger partial charge is 0.319 e. The van der Waals surface area contributed by atoms with Gasteiger partial charge in [-0.1, -0.05) is 13.8 Å². The molecular formula is C20H35N3O4. The largest absolute Gasteiger partial charge is 0.490 e. The maximum absolute atomic E-state index is 12.2. The number of ether oxygens (including phenoxy) is 3. The van der Waals surface area contributed by atoms with E-state index in [0.29, 0.717) is 49.3 Å². The average Bonchev–Trinajstić information content (AvgIpc) is 2.65. The highest BCUT2D eigenvalue weighted by atomic mass is 16.5. The Morgan fingerprint density at radius 1 is 0.926 bits per heavy atom. The first-order valence-corrected chi connectivity index (χ1v) is 9.92. The Balaban J connectivity index is 2.73. The van der Waals surface area contributed by atoms with Gasteiger partial charge in [0.1, 0.15) is 0 Å². The van der Waals surface area contributed by atoms with Crippen molar-refractivity contribution < 1.29 is 19.0 Å². The fourth-order valence-corrected chi connectivity index (χ4v) is 2.68. The molecule has 0 saturated heterocycles. The zero-order valence-electron chi connectivity index (χ0n) is 17.4. The summed E-state index contributed by atoms with van der Waals surface area (Å²) in [7, 11) is 0. The summed E-state index contributed by atoms with van der Waals surface area (Å²) < 4.78 is 17.0. The van der Waals surface area contributed by atoms with Crippen molar-refractivity contribution in [2.75, 3.05) is 51.3 Å². The van der Waals surface area contributed by atoms with Crippen LogP contribution in [0.2, 0.25) is 0 Å². The molecule has 154 valence electrons. The van der Waals surface area contributed by atoms with Gasteiger partial charge in [0.2, 0.25) is 5.75 Å². The Kier molecular flexibility index (Phi) is 11.1. The second-order valence-electron chi connectivity index (χ2n) is 5.86. The van der Waals surface area contributed by atoms with Gasteiger partial charge in [-0.25, -0.2) is 4.79 Å². The molecule has 2 N–H and O–H groups in total. The molecule has 0 atom stereocenters. The first-order valence-electron chi connectivity index (χ1n) is 9.92.